The molecule has 0 saturated heterocycles. The number of aliphatic carboxylic acids is 1. The Balaban J connectivity index is 1.57. The second-order valence-corrected chi connectivity index (χ2v) is 8.41. The lowest BCUT2D eigenvalue weighted by molar-refractivity contribution is -0.139. The highest BCUT2D eigenvalue weighted by Gasteiger charge is 2.26. The van der Waals surface area contributed by atoms with Crippen LogP contribution in [-0.4, -0.2) is 43.4 Å². The van der Waals surface area contributed by atoms with E-state index >= 15 is 0 Å². The van der Waals surface area contributed by atoms with Crippen LogP contribution in [0, 0.1) is 5.82 Å². The molecule has 0 radical (unpaired) electrons. The summed E-state index contributed by atoms with van der Waals surface area (Å²) in [6, 6.07) is 14.3. The van der Waals surface area contributed by atoms with Gasteiger partial charge in [-0.05, 0) is 53.8 Å². The number of pyridine rings is 1. The van der Waals surface area contributed by atoms with Crippen molar-refractivity contribution in [2.24, 2.45) is 0 Å². The van der Waals surface area contributed by atoms with Crippen LogP contribution in [0.5, 0.6) is 0 Å². The van der Waals surface area contributed by atoms with Gasteiger partial charge in [0.05, 0.1) is 12.1 Å². The smallest absolute Gasteiger partial charge is 0.311 e. The first-order valence-corrected chi connectivity index (χ1v) is 11.1. The molecule has 0 aliphatic heterocycles. The van der Waals surface area contributed by atoms with E-state index in [9.17, 15) is 19.1 Å². The molecule has 2 atom stereocenters. The molecule has 3 N–H and O–H groups in total. The second-order valence-electron chi connectivity index (χ2n) is 7.98. The number of rotatable bonds is 9. The third-order valence-corrected chi connectivity index (χ3v) is 5.81. The SMILES string of the molecule is O=C(NC(Cc1ccc(-c2cc(Cl)ccc2F)cc1)C[C@H](C(=O)O)c1cccnc1)c1cnn[nH]1. The minimum atomic E-state index is -1.02. The number of hydrogen-bond donors (Lipinski definition) is 3. The van der Waals surface area contributed by atoms with E-state index in [1.807, 2.05) is 12.1 Å². The molecule has 8 nitrogen and oxygen atoms in total. The normalized spacial score (nSPS) is 12.6. The highest BCUT2D eigenvalue weighted by Crippen LogP contribution is 2.27. The predicted octanol–water partition coefficient (Wildman–Crippen LogP) is 4.26. The number of carbonyl (C=O) groups excluding carboxylic acids is 1. The lowest BCUT2D eigenvalue weighted by Crippen LogP contribution is -2.38. The fraction of sp³-hybridized carbons (Fsp3) is 0.160. The van der Waals surface area contributed by atoms with Crippen molar-refractivity contribution < 1.29 is 19.1 Å². The second kappa shape index (κ2) is 10.9. The zero-order valence-electron chi connectivity index (χ0n) is 18.4. The van der Waals surface area contributed by atoms with Crippen LogP contribution in [0.1, 0.15) is 34.0 Å². The molecule has 1 unspecified atom stereocenters. The van der Waals surface area contributed by atoms with Gasteiger partial charge in [0.1, 0.15) is 11.5 Å². The first-order valence-electron chi connectivity index (χ1n) is 10.7. The molecule has 2 aromatic heterocycles. The van der Waals surface area contributed by atoms with Gasteiger partial charge in [0.25, 0.3) is 5.91 Å². The lowest BCUT2D eigenvalue weighted by atomic mass is 9.90. The van der Waals surface area contributed by atoms with Crippen LogP contribution < -0.4 is 5.32 Å². The number of nitrogens with zero attached hydrogens (tertiary/aromatic N) is 3. The number of halogens is 2. The van der Waals surface area contributed by atoms with Crippen molar-refractivity contribution >= 4 is 23.5 Å². The third kappa shape index (κ3) is 6.07. The van der Waals surface area contributed by atoms with Gasteiger partial charge in [-0.25, -0.2) is 4.39 Å². The van der Waals surface area contributed by atoms with Crippen LogP contribution in [0.2, 0.25) is 5.02 Å². The van der Waals surface area contributed by atoms with E-state index in [2.05, 4.69) is 25.7 Å². The minimum Gasteiger partial charge on any atom is -0.481 e. The van der Waals surface area contributed by atoms with Gasteiger partial charge in [0, 0.05) is 29.0 Å². The van der Waals surface area contributed by atoms with Crippen molar-refractivity contribution in [2.75, 3.05) is 0 Å². The molecule has 4 aromatic rings. The van der Waals surface area contributed by atoms with E-state index in [0.29, 0.717) is 28.1 Å². The number of nitrogens with one attached hydrogen (secondary N) is 2. The average molecular weight is 494 g/mol. The summed E-state index contributed by atoms with van der Waals surface area (Å²) in [6.45, 7) is 0. The number of carbonyl (C=O) groups is 2. The van der Waals surface area contributed by atoms with Gasteiger partial charge in [-0.1, -0.05) is 47.1 Å². The van der Waals surface area contributed by atoms with E-state index in [-0.39, 0.29) is 17.9 Å². The molecule has 35 heavy (non-hydrogen) atoms. The van der Waals surface area contributed by atoms with Crippen LogP contribution in [0.3, 0.4) is 0 Å². The molecule has 2 heterocycles. The maximum atomic E-state index is 14.2. The molecule has 0 bridgehead atoms. The number of carboxylic acid groups (broad SMARTS) is 1. The molecule has 10 heteroatoms. The van der Waals surface area contributed by atoms with Crippen molar-refractivity contribution in [3.8, 4) is 11.1 Å². The van der Waals surface area contributed by atoms with E-state index in [1.165, 1.54) is 24.5 Å². The summed E-state index contributed by atoms with van der Waals surface area (Å²) in [6.07, 6.45) is 4.83. The fourth-order valence-corrected chi connectivity index (χ4v) is 4.01. The Hall–Kier alpha value is -4.11. The van der Waals surface area contributed by atoms with Gasteiger partial charge in [-0.15, -0.1) is 5.10 Å². The van der Waals surface area contributed by atoms with Gasteiger partial charge >= 0.3 is 5.97 Å². The Kier molecular flexibility index (Phi) is 7.47. The summed E-state index contributed by atoms with van der Waals surface area (Å²) < 4.78 is 14.2. The number of carboxylic acids is 1. The van der Waals surface area contributed by atoms with Gasteiger partial charge < -0.3 is 10.4 Å². The Morgan fingerprint density at radius 1 is 1.11 bits per heavy atom. The Labute approximate surface area is 205 Å². The van der Waals surface area contributed by atoms with Gasteiger partial charge in [-0.2, -0.15) is 0 Å². The van der Waals surface area contributed by atoms with Crippen LogP contribution in [0.4, 0.5) is 4.39 Å². The molecule has 4 rings (SSSR count). The van der Waals surface area contributed by atoms with Crippen LogP contribution in [-0.2, 0) is 11.2 Å². The van der Waals surface area contributed by atoms with E-state index < -0.39 is 23.8 Å². The summed E-state index contributed by atoms with van der Waals surface area (Å²) in [5.74, 6) is -2.74. The maximum absolute atomic E-state index is 14.2. The van der Waals surface area contributed by atoms with Gasteiger partial charge in [-0.3, -0.25) is 19.7 Å². The van der Waals surface area contributed by atoms with Crippen molar-refractivity contribution in [3.05, 3.63) is 101 Å². The van der Waals surface area contributed by atoms with E-state index in [1.54, 1.807) is 36.5 Å². The molecular formula is C25H21ClFN5O3. The first-order chi connectivity index (χ1) is 16.9. The molecule has 1 amide bonds. The number of hydrogen-bond acceptors (Lipinski definition) is 5. The number of aromatic amines is 1. The quantitative estimate of drug-likeness (QED) is 0.320. The molecule has 0 aliphatic rings. The van der Waals surface area contributed by atoms with E-state index in [0.717, 1.165) is 5.56 Å². The molecule has 0 aliphatic carbocycles. The van der Waals surface area contributed by atoms with Crippen molar-refractivity contribution in [1.29, 1.82) is 0 Å². The van der Waals surface area contributed by atoms with Crippen LogP contribution in [0.25, 0.3) is 11.1 Å². The Morgan fingerprint density at radius 3 is 2.57 bits per heavy atom. The molecule has 2 aromatic carbocycles. The maximum Gasteiger partial charge on any atom is 0.311 e. The van der Waals surface area contributed by atoms with Gasteiger partial charge in [0.15, 0.2) is 0 Å². The monoisotopic (exact) mass is 493 g/mol. The standard InChI is InChI=1S/C25H21ClFN5O3/c26-18-7-8-22(27)20(11-18)16-5-3-15(4-6-16)10-19(30-24(33)23-14-29-32-31-23)12-21(25(34)35)17-2-1-9-28-13-17/h1-9,11,13-14,19,21H,10,12H2,(H,30,33)(H,34,35)(H,29,31,32)/t19?,21-/m0/s1. The summed E-state index contributed by atoms with van der Waals surface area (Å²) in [4.78, 5) is 28.7. The molecule has 0 fully saturated rings. The number of amides is 1. The Bertz CT molecular complexity index is 1300. The molecule has 0 spiro atoms. The number of H-pyrrole nitrogens is 1. The minimum absolute atomic E-state index is 0.124. The molecule has 0 saturated carbocycles. The summed E-state index contributed by atoms with van der Waals surface area (Å²) in [5, 5.41) is 22.8. The molecular weight excluding hydrogens is 473 g/mol. The topological polar surface area (TPSA) is 121 Å². The Morgan fingerprint density at radius 2 is 1.91 bits per heavy atom. The summed E-state index contributed by atoms with van der Waals surface area (Å²) >= 11 is 6.01. The highest BCUT2D eigenvalue weighted by molar-refractivity contribution is 6.30. The van der Waals surface area contributed by atoms with Crippen molar-refractivity contribution in [1.82, 2.24) is 25.7 Å². The summed E-state index contributed by atoms with van der Waals surface area (Å²) in [5.41, 5.74) is 2.56. The van der Waals surface area contributed by atoms with E-state index in [4.69, 9.17) is 11.6 Å². The lowest BCUT2D eigenvalue weighted by Gasteiger charge is -2.22. The highest BCUT2D eigenvalue weighted by atomic mass is 35.5. The largest absolute Gasteiger partial charge is 0.481 e. The average Bonchev–Trinajstić information content (AvgIpc) is 3.40. The van der Waals surface area contributed by atoms with Crippen LogP contribution >= 0.6 is 11.6 Å². The van der Waals surface area contributed by atoms with Crippen LogP contribution in [0.15, 0.2) is 73.2 Å². The van der Waals surface area contributed by atoms with Crippen molar-refractivity contribution in [2.45, 2.75) is 24.8 Å². The predicted molar refractivity (Wildman–Crippen MR) is 127 cm³/mol. The zero-order chi connectivity index (χ0) is 24.8. The first kappa shape index (κ1) is 24.0. The zero-order valence-corrected chi connectivity index (χ0v) is 19.1. The number of benzene rings is 2. The third-order valence-electron chi connectivity index (χ3n) is 5.58. The summed E-state index contributed by atoms with van der Waals surface area (Å²) in [7, 11) is 0. The number of aromatic nitrogens is 4. The fourth-order valence-electron chi connectivity index (χ4n) is 3.83. The van der Waals surface area contributed by atoms with Gasteiger partial charge in [0.2, 0.25) is 0 Å². The molecule has 178 valence electrons. The van der Waals surface area contributed by atoms with Crippen molar-refractivity contribution in [3.63, 3.8) is 0 Å².